The van der Waals surface area contributed by atoms with Crippen LogP contribution in [-0.2, 0) is 9.53 Å². The molecule has 0 N–H and O–H groups in total. The van der Waals surface area contributed by atoms with Crippen LogP contribution in [-0.4, -0.2) is 35.8 Å². The Kier molecular flexibility index (Phi) is 8.12. The van der Waals surface area contributed by atoms with Crippen molar-refractivity contribution in [2.24, 2.45) is 4.99 Å². The molecule has 0 saturated heterocycles. The smallest absolute Gasteiger partial charge is 0.338 e. The fourth-order valence-electron chi connectivity index (χ4n) is 4.20. The van der Waals surface area contributed by atoms with E-state index in [0.717, 1.165) is 11.3 Å². The SMILES string of the molecule is CCOC(=O)C1=C(C)N=c2s/c(=C/c3ccc(Br)c([N+](=O)[O-])c3)c(=O)n2[C@H]1c1cccc(OC)c1OCC. The molecule has 1 atom stereocenters. The van der Waals surface area contributed by atoms with Crippen LogP contribution in [0.15, 0.2) is 61.9 Å². The third-order valence-electron chi connectivity index (χ3n) is 5.79. The summed E-state index contributed by atoms with van der Waals surface area (Å²) >= 11 is 4.30. The Morgan fingerprint density at radius 2 is 2.03 bits per heavy atom. The fourth-order valence-corrected chi connectivity index (χ4v) is 5.64. The Morgan fingerprint density at radius 1 is 1.26 bits per heavy atom. The number of benzene rings is 2. The highest BCUT2D eigenvalue weighted by Gasteiger charge is 2.36. The van der Waals surface area contributed by atoms with Gasteiger partial charge in [-0.3, -0.25) is 19.5 Å². The van der Waals surface area contributed by atoms with Gasteiger partial charge in [-0.05, 0) is 60.5 Å². The van der Waals surface area contributed by atoms with E-state index < -0.39 is 22.5 Å². The third kappa shape index (κ3) is 5.01. The summed E-state index contributed by atoms with van der Waals surface area (Å²) in [7, 11) is 1.51. The molecule has 10 nitrogen and oxygen atoms in total. The summed E-state index contributed by atoms with van der Waals surface area (Å²) in [5, 5.41) is 11.4. The Hall–Kier alpha value is -3.77. The van der Waals surface area contributed by atoms with E-state index in [-0.39, 0.29) is 17.9 Å². The highest BCUT2D eigenvalue weighted by Crippen LogP contribution is 2.40. The van der Waals surface area contributed by atoms with Crippen LogP contribution in [0.2, 0.25) is 0 Å². The number of carbonyl (C=O) groups excluding carboxylic acids is 1. The summed E-state index contributed by atoms with van der Waals surface area (Å²) in [4.78, 5) is 42.8. The standard InChI is InChI=1S/C26H24BrN3O7S/c1-5-36-23-16(8-7-9-19(23)35-4)22-21(25(32)37-6-2)14(3)28-26-29(22)24(31)20(38-26)13-15-10-11-17(27)18(12-15)30(33)34/h7-13,22H,5-6H2,1-4H3/b20-13+/t22-/m0/s1. The number of nitro groups is 1. The fraction of sp³-hybridized carbons (Fsp3) is 0.269. The number of aromatic nitrogens is 1. The van der Waals surface area contributed by atoms with Gasteiger partial charge in [0.25, 0.3) is 11.2 Å². The molecular formula is C26H24BrN3O7S. The number of hydrogen-bond donors (Lipinski definition) is 0. The third-order valence-corrected chi connectivity index (χ3v) is 7.45. The average molecular weight is 602 g/mol. The van der Waals surface area contributed by atoms with Gasteiger partial charge < -0.3 is 14.2 Å². The maximum Gasteiger partial charge on any atom is 0.338 e. The number of allylic oxidation sites excluding steroid dienone is 1. The van der Waals surface area contributed by atoms with Gasteiger partial charge >= 0.3 is 5.97 Å². The normalized spacial score (nSPS) is 15.1. The molecule has 0 unspecified atom stereocenters. The van der Waals surface area contributed by atoms with Gasteiger partial charge in [0.1, 0.15) is 6.04 Å². The maximum atomic E-state index is 13.8. The number of methoxy groups -OCH3 is 1. The van der Waals surface area contributed by atoms with Crippen molar-refractivity contribution in [1.82, 2.24) is 4.57 Å². The second-order valence-electron chi connectivity index (χ2n) is 8.08. The molecular weight excluding hydrogens is 578 g/mol. The molecule has 3 aromatic rings. The summed E-state index contributed by atoms with van der Waals surface area (Å²) in [6.45, 7) is 5.69. The van der Waals surface area contributed by atoms with Crippen molar-refractivity contribution in [2.45, 2.75) is 26.8 Å². The predicted molar refractivity (Wildman–Crippen MR) is 145 cm³/mol. The van der Waals surface area contributed by atoms with Crippen LogP contribution in [0.25, 0.3) is 6.08 Å². The van der Waals surface area contributed by atoms with Gasteiger partial charge in [0.15, 0.2) is 16.3 Å². The zero-order valence-corrected chi connectivity index (χ0v) is 23.4. The molecule has 0 bridgehead atoms. The van der Waals surface area contributed by atoms with E-state index in [1.165, 1.54) is 17.7 Å². The molecule has 0 radical (unpaired) electrons. The molecule has 1 aromatic heterocycles. The predicted octanol–water partition coefficient (Wildman–Crippen LogP) is 3.88. The Labute approximate surface area is 229 Å². The van der Waals surface area contributed by atoms with Crippen LogP contribution in [0, 0.1) is 10.1 Å². The van der Waals surface area contributed by atoms with Crippen molar-refractivity contribution < 1.29 is 23.9 Å². The minimum atomic E-state index is -0.900. The van der Waals surface area contributed by atoms with Crippen LogP contribution in [0.4, 0.5) is 5.69 Å². The van der Waals surface area contributed by atoms with Crippen LogP contribution in [0.1, 0.15) is 37.9 Å². The van der Waals surface area contributed by atoms with Gasteiger partial charge in [0, 0.05) is 11.6 Å². The van der Waals surface area contributed by atoms with Crippen molar-refractivity contribution in [1.29, 1.82) is 0 Å². The molecule has 2 heterocycles. The number of nitrogens with zero attached hydrogens (tertiary/aromatic N) is 3. The molecule has 0 aliphatic carbocycles. The number of esters is 1. The first-order chi connectivity index (χ1) is 18.2. The zero-order chi connectivity index (χ0) is 27.6. The molecule has 0 amide bonds. The lowest BCUT2D eigenvalue weighted by Crippen LogP contribution is -2.40. The first kappa shape index (κ1) is 27.3. The van der Waals surface area contributed by atoms with Gasteiger partial charge in [-0.1, -0.05) is 29.5 Å². The highest BCUT2D eigenvalue weighted by atomic mass is 79.9. The zero-order valence-electron chi connectivity index (χ0n) is 21.0. The molecule has 1 aliphatic rings. The molecule has 12 heteroatoms. The van der Waals surface area contributed by atoms with Crippen molar-refractivity contribution in [3.8, 4) is 11.5 Å². The van der Waals surface area contributed by atoms with E-state index in [9.17, 15) is 19.7 Å². The van der Waals surface area contributed by atoms with E-state index >= 15 is 0 Å². The first-order valence-electron chi connectivity index (χ1n) is 11.6. The number of para-hydroxylation sites is 1. The largest absolute Gasteiger partial charge is 0.493 e. The quantitative estimate of drug-likeness (QED) is 0.218. The van der Waals surface area contributed by atoms with E-state index in [1.807, 2.05) is 6.92 Å². The van der Waals surface area contributed by atoms with E-state index in [0.29, 0.717) is 48.7 Å². The Balaban J connectivity index is 2.01. The van der Waals surface area contributed by atoms with Gasteiger partial charge in [0.2, 0.25) is 0 Å². The number of hydrogen-bond acceptors (Lipinski definition) is 9. The molecule has 2 aromatic carbocycles. The van der Waals surface area contributed by atoms with Gasteiger partial charge in [-0.25, -0.2) is 9.79 Å². The number of thiazole rings is 1. The van der Waals surface area contributed by atoms with Gasteiger partial charge in [-0.15, -0.1) is 0 Å². The topological polar surface area (TPSA) is 122 Å². The summed E-state index contributed by atoms with van der Waals surface area (Å²) in [6.07, 6.45) is 1.57. The number of halogens is 1. The number of carbonyl (C=O) groups is 1. The molecule has 38 heavy (non-hydrogen) atoms. The molecule has 198 valence electrons. The van der Waals surface area contributed by atoms with Crippen molar-refractivity contribution in [3.63, 3.8) is 0 Å². The van der Waals surface area contributed by atoms with Crippen molar-refractivity contribution in [2.75, 3.05) is 20.3 Å². The van der Waals surface area contributed by atoms with Crippen molar-refractivity contribution >= 4 is 45.0 Å². The molecule has 0 saturated carbocycles. The maximum absolute atomic E-state index is 13.8. The summed E-state index contributed by atoms with van der Waals surface area (Å²) in [5.74, 6) is 0.255. The lowest BCUT2D eigenvalue weighted by Gasteiger charge is -2.26. The summed E-state index contributed by atoms with van der Waals surface area (Å²) in [6, 6.07) is 8.96. The highest BCUT2D eigenvalue weighted by molar-refractivity contribution is 9.10. The lowest BCUT2D eigenvalue weighted by molar-refractivity contribution is -0.385. The molecule has 1 aliphatic heterocycles. The lowest BCUT2D eigenvalue weighted by atomic mass is 9.94. The summed E-state index contributed by atoms with van der Waals surface area (Å²) in [5.41, 5.74) is 1.09. The average Bonchev–Trinajstić information content (AvgIpc) is 3.18. The first-order valence-corrected chi connectivity index (χ1v) is 13.3. The molecule has 0 fully saturated rings. The van der Waals surface area contributed by atoms with Crippen LogP contribution >= 0.6 is 27.3 Å². The van der Waals surface area contributed by atoms with Crippen LogP contribution in [0.5, 0.6) is 11.5 Å². The number of fused-ring (bicyclic) bond motifs is 1. The Bertz CT molecular complexity index is 1640. The van der Waals surface area contributed by atoms with Gasteiger partial charge in [0.05, 0.1) is 45.5 Å². The van der Waals surface area contributed by atoms with Crippen LogP contribution < -0.4 is 24.4 Å². The van der Waals surface area contributed by atoms with Crippen LogP contribution in [0.3, 0.4) is 0 Å². The van der Waals surface area contributed by atoms with Gasteiger partial charge in [-0.2, -0.15) is 0 Å². The second-order valence-corrected chi connectivity index (χ2v) is 9.95. The number of rotatable bonds is 8. The Morgan fingerprint density at radius 3 is 2.68 bits per heavy atom. The minimum absolute atomic E-state index is 0.123. The van der Waals surface area contributed by atoms with E-state index in [4.69, 9.17) is 14.2 Å². The number of ether oxygens (including phenoxy) is 3. The molecule has 0 spiro atoms. The molecule has 4 rings (SSSR count). The van der Waals surface area contributed by atoms with Crippen molar-refractivity contribution in [3.05, 3.63) is 93.1 Å². The monoisotopic (exact) mass is 601 g/mol. The number of nitro benzene ring substituents is 1. The van der Waals surface area contributed by atoms with E-state index in [2.05, 4.69) is 20.9 Å². The van der Waals surface area contributed by atoms with E-state index in [1.54, 1.807) is 50.3 Å². The summed E-state index contributed by atoms with van der Waals surface area (Å²) < 4.78 is 18.8. The second kappa shape index (κ2) is 11.3. The minimum Gasteiger partial charge on any atom is -0.493 e.